The van der Waals surface area contributed by atoms with E-state index in [0.717, 1.165) is 4.90 Å². The highest BCUT2D eigenvalue weighted by atomic mass is 16.6. The number of nitrogens with zero attached hydrogens (tertiary/aromatic N) is 2. The summed E-state index contributed by atoms with van der Waals surface area (Å²) in [5.74, 6) is -1.19. The van der Waals surface area contributed by atoms with Crippen LogP contribution >= 0.6 is 0 Å². The van der Waals surface area contributed by atoms with E-state index >= 15 is 0 Å². The van der Waals surface area contributed by atoms with Crippen LogP contribution in [-0.4, -0.2) is 50.3 Å². The summed E-state index contributed by atoms with van der Waals surface area (Å²) in [6, 6.07) is 0. The fourth-order valence-electron chi connectivity index (χ4n) is 1.74. The van der Waals surface area contributed by atoms with Gasteiger partial charge in [0, 0.05) is 24.8 Å². The molecule has 0 aliphatic heterocycles. The number of carboxylic acid groups (broad SMARTS) is 1. The van der Waals surface area contributed by atoms with Gasteiger partial charge >= 0.3 is 17.8 Å². The topological polar surface area (TPSA) is 122 Å². The molecule has 0 saturated heterocycles. The second-order valence-corrected chi connectivity index (χ2v) is 6.06. The van der Waals surface area contributed by atoms with Crippen molar-refractivity contribution >= 4 is 12.1 Å². The first-order valence-electron chi connectivity index (χ1n) is 6.99. The summed E-state index contributed by atoms with van der Waals surface area (Å²) < 4.78 is 6.35. The Kier molecular flexibility index (Phi) is 5.72. The summed E-state index contributed by atoms with van der Waals surface area (Å²) in [6.45, 7) is 5.97. The fourth-order valence-corrected chi connectivity index (χ4v) is 1.74. The van der Waals surface area contributed by atoms with Crippen LogP contribution in [0.1, 0.15) is 26.3 Å². The number of aromatic amines is 1. The second kappa shape index (κ2) is 7.12. The molecule has 0 bridgehead atoms. The van der Waals surface area contributed by atoms with Crippen LogP contribution in [0.3, 0.4) is 0 Å². The van der Waals surface area contributed by atoms with E-state index in [1.54, 1.807) is 20.8 Å². The maximum absolute atomic E-state index is 12.0. The number of nitrogens with one attached hydrogen (secondary N) is 1. The summed E-state index contributed by atoms with van der Waals surface area (Å²) in [6.07, 6.45) is 0.573. The lowest BCUT2D eigenvalue weighted by atomic mass is 10.2. The largest absolute Gasteiger partial charge is 0.480 e. The number of amides is 1. The minimum absolute atomic E-state index is 0.0307. The minimum Gasteiger partial charge on any atom is -0.480 e. The third kappa shape index (κ3) is 5.97. The average Bonchev–Trinajstić information content (AvgIpc) is 2.37. The van der Waals surface area contributed by atoms with Crippen molar-refractivity contribution < 1.29 is 19.4 Å². The lowest BCUT2D eigenvalue weighted by molar-refractivity contribution is -0.138. The molecule has 0 aromatic carbocycles. The summed E-state index contributed by atoms with van der Waals surface area (Å²) in [5, 5.41) is 8.90. The number of carbonyl (C=O) groups excluding carboxylic acids is 1. The van der Waals surface area contributed by atoms with E-state index in [2.05, 4.69) is 4.98 Å². The molecule has 1 amide bonds. The first-order valence-corrected chi connectivity index (χ1v) is 6.99. The molecule has 9 heteroatoms. The predicted octanol–water partition coefficient (Wildman–Crippen LogP) is 0.167. The molecular weight excluding hydrogens is 306 g/mol. The van der Waals surface area contributed by atoms with Gasteiger partial charge in [0.2, 0.25) is 0 Å². The van der Waals surface area contributed by atoms with Crippen molar-refractivity contribution in [1.82, 2.24) is 14.5 Å². The van der Waals surface area contributed by atoms with Crippen molar-refractivity contribution in [3.05, 3.63) is 32.6 Å². The zero-order chi connectivity index (χ0) is 17.8. The number of H-pyrrole nitrogens is 1. The highest BCUT2D eigenvalue weighted by Crippen LogP contribution is 2.10. The smallest absolute Gasteiger partial charge is 0.410 e. The third-order valence-electron chi connectivity index (χ3n) is 2.78. The molecular formula is C14H21N3O6. The number of ether oxygens (including phenoxy) is 1. The van der Waals surface area contributed by atoms with Crippen LogP contribution in [0.2, 0.25) is 0 Å². The Labute approximate surface area is 132 Å². The van der Waals surface area contributed by atoms with Crippen LogP contribution in [0.25, 0.3) is 0 Å². The van der Waals surface area contributed by atoms with E-state index < -0.39 is 35.5 Å². The van der Waals surface area contributed by atoms with Gasteiger partial charge in [-0.2, -0.15) is 0 Å². The summed E-state index contributed by atoms with van der Waals surface area (Å²) in [5.41, 5.74) is -1.54. The van der Waals surface area contributed by atoms with E-state index in [0.29, 0.717) is 5.56 Å². The third-order valence-corrected chi connectivity index (χ3v) is 2.78. The van der Waals surface area contributed by atoms with Gasteiger partial charge in [0.1, 0.15) is 12.1 Å². The van der Waals surface area contributed by atoms with Crippen molar-refractivity contribution in [2.45, 2.75) is 39.8 Å². The Hall–Kier alpha value is -2.58. The van der Waals surface area contributed by atoms with Gasteiger partial charge in [-0.15, -0.1) is 0 Å². The molecule has 9 nitrogen and oxygen atoms in total. The zero-order valence-electron chi connectivity index (χ0n) is 13.6. The quantitative estimate of drug-likeness (QED) is 0.795. The van der Waals surface area contributed by atoms with Gasteiger partial charge in [-0.3, -0.25) is 24.0 Å². The summed E-state index contributed by atoms with van der Waals surface area (Å²) >= 11 is 0. The normalized spacial score (nSPS) is 11.1. The van der Waals surface area contributed by atoms with Crippen molar-refractivity contribution in [3.8, 4) is 0 Å². The lowest BCUT2D eigenvalue weighted by Gasteiger charge is -2.26. The minimum atomic E-state index is -1.19. The predicted molar refractivity (Wildman–Crippen MR) is 81.5 cm³/mol. The molecule has 128 valence electrons. The molecule has 0 radical (unpaired) electrons. The number of rotatable bonds is 5. The fraction of sp³-hybridized carbons (Fsp3) is 0.571. The van der Waals surface area contributed by atoms with E-state index in [-0.39, 0.29) is 13.1 Å². The monoisotopic (exact) mass is 327 g/mol. The Bertz CT molecular complexity index is 698. The van der Waals surface area contributed by atoms with Gasteiger partial charge in [0.25, 0.3) is 5.56 Å². The van der Waals surface area contributed by atoms with Crippen LogP contribution in [0.4, 0.5) is 4.79 Å². The number of hydrogen-bond acceptors (Lipinski definition) is 5. The number of carboxylic acids is 1. The Morgan fingerprint density at radius 2 is 1.96 bits per heavy atom. The van der Waals surface area contributed by atoms with Crippen molar-refractivity contribution in [2.75, 3.05) is 13.1 Å². The first-order chi connectivity index (χ1) is 10.5. The first kappa shape index (κ1) is 18.5. The highest BCUT2D eigenvalue weighted by molar-refractivity contribution is 5.76. The Morgan fingerprint density at radius 1 is 1.35 bits per heavy atom. The number of aryl methyl sites for hydroxylation is 1. The summed E-state index contributed by atoms with van der Waals surface area (Å²) in [4.78, 5) is 49.0. The van der Waals surface area contributed by atoms with Crippen molar-refractivity contribution in [1.29, 1.82) is 0 Å². The van der Waals surface area contributed by atoms with Crippen LogP contribution in [0.15, 0.2) is 15.8 Å². The van der Waals surface area contributed by atoms with Crippen molar-refractivity contribution in [2.24, 2.45) is 0 Å². The van der Waals surface area contributed by atoms with Crippen LogP contribution in [-0.2, 0) is 16.1 Å². The molecule has 0 fully saturated rings. The average molecular weight is 327 g/mol. The van der Waals surface area contributed by atoms with E-state index in [9.17, 15) is 19.2 Å². The number of aromatic nitrogens is 2. The molecule has 1 rings (SSSR count). The van der Waals surface area contributed by atoms with Crippen molar-refractivity contribution in [3.63, 3.8) is 0 Å². The Morgan fingerprint density at radius 3 is 2.48 bits per heavy atom. The zero-order valence-corrected chi connectivity index (χ0v) is 13.6. The van der Waals surface area contributed by atoms with Gasteiger partial charge < -0.3 is 9.84 Å². The molecule has 0 atom stereocenters. The SMILES string of the molecule is Cc1cn(CCN(CC(=O)O)C(=O)OC(C)(C)C)c(=O)[nH]c1=O. The maximum atomic E-state index is 12.0. The molecule has 23 heavy (non-hydrogen) atoms. The van der Waals surface area contributed by atoms with Crippen LogP contribution in [0, 0.1) is 6.92 Å². The van der Waals surface area contributed by atoms with Gasteiger partial charge in [0.15, 0.2) is 0 Å². The van der Waals surface area contributed by atoms with Crippen LogP contribution in [0.5, 0.6) is 0 Å². The van der Waals surface area contributed by atoms with E-state index in [1.165, 1.54) is 17.7 Å². The van der Waals surface area contributed by atoms with Gasteiger partial charge in [-0.1, -0.05) is 0 Å². The molecule has 2 N–H and O–H groups in total. The molecule has 0 aliphatic rings. The van der Waals surface area contributed by atoms with Gasteiger partial charge in [-0.05, 0) is 27.7 Å². The lowest BCUT2D eigenvalue weighted by Crippen LogP contribution is -2.42. The highest BCUT2D eigenvalue weighted by Gasteiger charge is 2.23. The molecule has 0 unspecified atom stereocenters. The van der Waals surface area contributed by atoms with E-state index in [1.807, 2.05) is 0 Å². The standard InChI is InChI=1S/C14H21N3O6/c1-9-7-16(12(21)15-11(9)20)5-6-17(8-10(18)19)13(22)23-14(2,3)4/h7H,5-6,8H2,1-4H3,(H,18,19)(H,15,20,21). The number of aliphatic carboxylic acids is 1. The molecule has 0 saturated carbocycles. The molecule has 1 aromatic rings. The molecule has 0 spiro atoms. The van der Waals surface area contributed by atoms with E-state index in [4.69, 9.17) is 9.84 Å². The Balaban J connectivity index is 2.88. The van der Waals surface area contributed by atoms with Gasteiger partial charge in [-0.25, -0.2) is 9.59 Å². The second-order valence-electron chi connectivity index (χ2n) is 6.06. The number of hydrogen-bond donors (Lipinski definition) is 2. The molecule has 1 aromatic heterocycles. The molecule has 0 aliphatic carbocycles. The maximum Gasteiger partial charge on any atom is 0.410 e. The van der Waals surface area contributed by atoms with Gasteiger partial charge in [0.05, 0.1) is 0 Å². The summed E-state index contributed by atoms with van der Waals surface area (Å²) in [7, 11) is 0. The van der Waals surface area contributed by atoms with Crippen LogP contribution < -0.4 is 11.2 Å². The molecule has 1 heterocycles. The number of carbonyl (C=O) groups is 2.